The normalized spacial score (nSPS) is 10.3. The molecule has 0 aliphatic carbocycles. The Hall–Kier alpha value is -2.45. The Morgan fingerprint density at radius 3 is 3.00 bits per heavy atom. The maximum atomic E-state index is 9.22. The zero-order chi connectivity index (χ0) is 13.8. The SMILES string of the molecule is N#Cc1cc(NCCc2cscn2)nc2ccccc12. The van der Waals surface area contributed by atoms with Crippen LogP contribution in [0.2, 0.25) is 0 Å². The van der Waals surface area contributed by atoms with Gasteiger partial charge in [-0.1, -0.05) is 18.2 Å². The predicted octanol–water partition coefficient (Wildman–Crippen LogP) is 3.22. The summed E-state index contributed by atoms with van der Waals surface area (Å²) >= 11 is 1.60. The first-order valence-electron chi connectivity index (χ1n) is 6.27. The van der Waals surface area contributed by atoms with Crippen LogP contribution in [0.25, 0.3) is 10.9 Å². The highest BCUT2D eigenvalue weighted by Crippen LogP contribution is 2.19. The fourth-order valence-corrected chi connectivity index (χ4v) is 2.63. The second-order valence-corrected chi connectivity index (χ2v) is 5.06. The molecule has 1 N–H and O–H groups in total. The van der Waals surface area contributed by atoms with Crippen LogP contribution < -0.4 is 5.32 Å². The van der Waals surface area contributed by atoms with Gasteiger partial charge in [-0.3, -0.25) is 0 Å². The van der Waals surface area contributed by atoms with Gasteiger partial charge < -0.3 is 5.32 Å². The Morgan fingerprint density at radius 1 is 1.30 bits per heavy atom. The van der Waals surface area contributed by atoms with E-state index in [4.69, 9.17) is 0 Å². The van der Waals surface area contributed by atoms with E-state index in [2.05, 4.69) is 21.4 Å². The van der Waals surface area contributed by atoms with Crippen molar-refractivity contribution in [3.63, 3.8) is 0 Å². The predicted molar refractivity (Wildman–Crippen MR) is 80.8 cm³/mol. The molecule has 1 aromatic carbocycles. The molecule has 0 amide bonds. The van der Waals surface area contributed by atoms with Gasteiger partial charge in [-0.25, -0.2) is 9.97 Å². The molecule has 0 atom stereocenters. The molecule has 20 heavy (non-hydrogen) atoms. The molecular formula is C15H12N4S. The number of rotatable bonds is 4. The van der Waals surface area contributed by atoms with Crippen LogP contribution in [0.1, 0.15) is 11.3 Å². The summed E-state index contributed by atoms with van der Waals surface area (Å²) in [5.41, 5.74) is 4.38. The summed E-state index contributed by atoms with van der Waals surface area (Å²) in [6, 6.07) is 11.7. The van der Waals surface area contributed by atoms with Crippen molar-refractivity contribution in [3.05, 3.63) is 52.5 Å². The topological polar surface area (TPSA) is 61.6 Å². The number of aromatic nitrogens is 2. The van der Waals surface area contributed by atoms with E-state index in [1.807, 2.05) is 35.2 Å². The minimum Gasteiger partial charge on any atom is -0.370 e. The van der Waals surface area contributed by atoms with Crippen LogP contribution in [0.4, 0.5) is 5.82 Å². The summed E-state index contributed by atoms with van der Waals surface area (Å²) in [6.07, 6.45) is 0.847. The number of nitrogens with zero attached hydrogens (tertiary/aromatic N) is 3. The lowest BCUT2D eigenvalue weighted by Crippen LogP contribution is -2.07. The number of benzene rings is 1. The number of hydrogen-bond donors (Lipinski definition) is 1. The molecule has 0 unspecified atom stereocenters. The highest BCUT2D eigenvalue weighted by molar-refractivity contribution is 7.07. The molecule has 0 saturated carbocycles. The molecule has 0 aliphatic heterocycles. The number of hydrogen-bond acceptors (Lipinski definition) is 5. The van der Waals surface area contributed by atoms with Crippen molar-refractivity contribution in [2.45, 2.75) is 6.42 Å². The lowest BCUT2D eigenvalue weighted by molar-refractivity contribution is 0.970. The molecule has 0 radical (unpaired) electrons. The van der Waals surface area contributed by atoms with Crippen molar-refractivity contribution in [2.24, 2.45) is 0 Å². The van der Waals surface area contributed by atoms with Crippen LogP contribution >= 0.6 is 11.3 Å². The van der Waals surface area contributed by atoms with Crippen LogP contribution in [-0.4, -0.2) is 16.5 Å². The van der Waals surface area contributed by atoms with Crippen LogP contribution in [0.5, 0.6) is 0 Å². The van der Waals surface area contributed by atoms with Gasteiger partial charge in [0.2, 0.25) is 0 Å². The fourth-order valence-electron chi connectivity index (χ4n) is 2.04. The summed E-state index contributed by atoms with van der Waals surface area (Å²) in [5.74, 6) is 0.732. The summed E-state index contributed by atoms with van der Waals surface area (Å²) in [6.45, 7) is 0.750. The van der Waals surface area contributed by atoms with E-state index >= 15 is 0 Å². The van der Waals surface area contributed by atoms with Gasteiger partial charge in [-0.15, -0.1) is 11.3 Å². The van der Waals surface area contributed by atoms with E-state index in [-0.39, 0.29) is 0 Å². The van der Waals surface area contributed by atoms with E-state index in [0.717, 1.165) is 35.4 Å². The van der Waals surface area contributed by atoms with Gasteiger partial charge >= 0.3 is 0 Å². The van der Waals surface area contributed by atoms with Crippen molar-refractivity contribution in [1.29, 1.82) is 5.26 Å². The van der Waals surface area contributed by atoms with E-state index in [9.17, 15) is 5.26 Å². The van der Waals surface area contributed by atoms with Gasteiger partial charge in [-0.2, -0.15) is 5.26 Å². The average Bonchev–Trinajstić information content (AvgIpc) is 2.99. The maximum Gasteiger partial charge on any atom is 0.127 e. The van der Waals surface area contributed by atoms with E-state index in [1.54, 1.807) is 17.4 Å². The molecule has 3 aromatic rings. The van der Waals surface area contributed by atoms with E-state index < -0.39 is 0 Å². The zero-order valence-electron chi connectivity index (χ0n) is 10.7. The van der Waals surface area contributed by atoms with Gasteiger partial charge in [0.1, 0.15) is 5.82 Å². The first-order valence-corrected chi connectivity index (χ1v) is 7.22. The number of para-hydroxylation sites is 1. The quantitative estimate of drug-likeness (QED) is 0.797. The standard InChI is InChI=1S/C15H12N4S/c16-8-11-7-15(17-6-5-12-9-20-10-18-12)19-14-4-2-1-3-13(11)14/h1-4,7,9-10H,5-6H2,(H,17,19). The summed E-state index contributed by atoms with van der Waals surface area (Å²) < 4.78 is 0. The second kappa shape index (κ2) is 5.68. The van der Waals surface area contributed by atoms with Crippen molar-refractivity contribution >= 4 is 28.1 Å². The third kappa shape index (κ3) is 2.60. The highest BCUT2D eigenvalue weighted by Gasteiger charge is 2.04. The Morgan fingerprint density at radius 2 is 2.20 bits per heavy atom. The molecule has 2 aromatic heterocycles. The Kier molecular flexibility index (Phi) is 3.57. The first kappa shape index (κ1) is 12.6. The first-order chi connectivity index (χ1) is 9.86. The monoisotopic (exact) mass is 280 g/mol. The Labute approximate surface area is 120 Å². The molecule has 0 spiro atoms. The third-order valence-electron chi connectivity index (χ3n) is 3.01. The summed E-state index contributed by atoms with van der Waals surface area (Å²) in [5, 5.41) is 15.4. The molecule has 0 fully saturated rings. The third-order valence-corrected chi connectivity index (χ3v) is 3.64. The number of nitriles is 1. The molecular weight excluding hydrogens is 268 g/mol. The minimum atomic E-state index is 0.645. The Balaban J connectivity index is 1.80. The lowest BCUT2D eigenvalue weighted by atomic mass is 10.1. The summed E-state index contributed by atoms with van der Waals surface area (Å²) in [7, 11) is 0. The van der Waals surface area contributed by atoms with Gasteiger partial charge in [0.25, 0.3) is 0 Å². The molecule has 5 heteroatoms. The number of nitrogens with one attached hydrogen (secondary N) is 1. The van der Waals surface area contributed by atoms with Crippen molar-refractivity contribution in [1.82, 2.24) is 9.97 Å². The van der Waals surface area contributed by atoms with Gasteiger partial charge in [0.15, 0.2) is 0 Å². The largest absolute Gasteiger partial charge is 0.370 e. The Bertz CT molecular complexity index is 759. The average molecular weight is 280 g/mol. The van der Waals surface area contributed by atoms with Gasteiger partial charge in [0.05, 0.1) is 28.4 Å². The molecule has 3 rings (SSSR count). The molecule has 4 nitrogen and oxygen atoms in total. The van der Waals surface area contributed by atoms with Crippen molar-refractivity contribution in [3.8, 4) is 6.07 Å². The molecule has 0 bridgehead atoms. The summed E-state index contributed by atoms with van der Waals surface area (Å²) in [4.78, 5) is 8.76. The van der Waals surface area contributed by atoms with Crippen LogP contribution in [0, 0.1) is 11.3 Å². The number of pyridine rings is 1. The maximum absolute atomic E-state index is 9.22. The van der Waals surface area contributed by atoms with Crippen LogP contribution in [0.3, 0.4) is 0 Å². The molecule has 0 saturated heterocycles. The van der Waals surface area contributed by atoms with Gasteiger partial charge in [-0.05, 0) is 12.1 Å². The van der Waals surface area contributed by atoms with Crippen LogP contribution in [-0.2, 0) is 6.42 Å². The molecule has 0 aliphatic rings. The second-order valence-electron chi connectivity index (χ2n) is 4.34. The minimum absolute atomic E-state index is 0.645. The smallest absolute Gasteiger partial charge is 0.127 e. The van der Waals surface area contributed by atoms with E-state index in [0.29, 0.717) is 5.56 Å². The fraction of sp³-hybridized carbons (Fsp3) is 0.133. The lowest BCUT2D eigenvalue weighted by Gasteiger charge is -2.07. The number of anilines is 1. The zero-order valence-corrected chi connectivity index (χ0v) is 11.5. The number of fused-ring (bicyclic) bond motifs is 1. The molecule has 2 heterocycles. The molecule has 98 valence electrons. The van der Waals surface area contributed by atoms with E-state index in [1.165, 1.54) is 0 Å². The van der Waals surface area contributed by atoms with Crippen LogP contribution in [0.15, 0.2) is 41.2 Å². The van der Waals surface area contributed by atoms with Gasteiger partial charge in [0, 0.05) is 23.7 Å². The van der Waals surface area contributed by atoms with Crippen molar-refractivity contribution in [2.75, 3.05) is 11.9 Å². The number of thiazole rings is 1. The highest BCUT2D eigenvalue weighted by atomic mass is 32.1. The van der Waals surface area contributed by atoms with Crippen molar-refractivity contribution < 1.29 is 0 Å².